The average molecular weight is 459 g/mol. The maximum Gasteiger partial charge on any atom is 0.316 e. The number of rotatable bonds is 10. The fourth-order valence-corrected chi connectivity index (χ4v) is 3.60. The van der Waals surface area contributed by atoms with Gasteiger partial charge in [0.05, 0.1) is 24.7 Å². The standard InChI is InChI=1S/C23H26N2O6S/c26-21(15-31-23(28)17-32-16-22(27)25-10-12-29-13-11-25)24-19-6-8-20(9-7-19)30-14-18-4-2-1-3-5-18/h1-9H,10-17H2,(H,24,26). The first-order chi connectivity index (χ1) is 15.6. The molecule has 2 aromatic rings. The molecule has 1 N–H and O–H groups in total. The topological polar surface area (TPSA) is 94.2 Å². The SMILES string of the molecule is O=C(COC(=O)CSCC(=O)N1CCOCC1)Nc1ccc(OCc2ccccc2)cc1. The third-order valence-corrected chi connectivity index (χ3v) is 5.45. The number of hydrogen-bond acceptors (Lipinski definition) is 7. The first-order valence-electron chi connectivity index (χ1n) is 10.3. The number of nitrogens with one attached hydrogen (secondary N) is 1. The highest BCUT2D eigenvalue weighted by Crippen LogP contribution is 2.17. The van der Waals surface area contributed by atoms with Crippen LogP contribution in [0, 0.1) is 0 Å². The van der Waals surface area contributed by atoms with Crippen LogP contribution in [0.15, 0.2) is 54.6 Å². The smallest absolute Gasteiger partial charge is 0.316 e. The van der Waals surface area contributed by atoms with Gasteiger partial charge >= 0.3 is 5.97 Å². The van der Waals surface area contributed by atoms with Crippen LogP contribution in [0.4, 0.5) is 5.69 Å². The molecule has 0 unspecified atom stereocenters. The second kappa shape index (κ2) is 12.7. The van der Waals surface area contributed by atoms with Gasteiger partial charge in [-0.15, -0.1) is 11.8 Å². The fraction of sp³-hybridized carbons (Fsp3) is 0.348. The Bertz CT molecular complexity index is 885. The van der Waals surface area contributed by atoms with E-state index >= 15 is 0 Å². The molecule has 0 bridgehead atoms. The normalized spacial score (nSPS) is 13.3. The molecular weight excluding hydrogens is 432 g/mol. The van der Waals surface area contributed by atoms with Crippen LogP contribution in [0.25, 0.3) is 0 Å². The van der Waals surface area contributed by atoms with E-state index in [1.54, 1.807) is 29.2 Å². The van der Waals surface area contributed by atoms with Gasteiger partial charge in [0, 0.05) is 18.8 Å². The Labute approximate surface area is 191 Å². The maximum atomic E-state index is 12.0. The van der Waals surface area contributed by atoms with Crippen molar-refractivity contribution in [1.82, 2.24) is 4.90 Å². The van der Waals surface area contributed by atoms with E-state index in [2.05, 4.69) is 5.32 Å². The lowest BCUT2D eigenvalue weighted by atomic mass is 10.2. The molecule has 1 fully saturated rings. The molecule has 1 aliphatic rings. The van der Waals surface area contributed by atoms with Gasteiger partial charge < -0.3 is 24.4 Å². The van der Waals surface area contributed by atoms with Crippen LogP contribution in [0.3, 0.4) is 0 Å². The van der Waals surface area contributed by atoms with Crippen LogP contribution >= 0.6 is 11.8 Å². The highest BCUT2D eigenvalue weighted by atomic mass is 32.2. The van der Waals surface area contributed by atoms with Crippen molar-refractivity contribution in [2.24, 2.45) is 0 Å². The zero-order chi connectivity index (χ0) is 22.6. The summed E-state index contributed by atoms with van der Waals surface area (Å²) >= 11 is 1.17. The van der Waals surface area contributed by atoms with Gasteiger partial charge in [-0.25, -0.2) is 0 Å². The zero-order valence-electron chi connectivity index (χ0n) is 17.7. The number of benzene rings is 2. The van der Waals surface area contributed by atoms with E-state index in [-0.39, 0.29) is 24.0 Å². The number of morpholine rings is 1. The zero-order valence-corrected chi connectivity index (χ0v) is 18.5. The maximum absolute atomic E-state index is 12.0. The second-order valence-corrected chi connectivity index (χ2v) is 7.98. The molecule has 0 aromatic heterocycles. The third-order valence-electron chi connectivity index (χ3n) is 4.56. The number of carbonyl (C=O) groups excluding carboxylic acids is 3. The van der Waals surface area contributed by atoms with Gasteiger partial charge in [-0.05, 0) is 29.8 Å². The number of nitrogens with zero attached hydrogens (tertiary/aromatic N) is 1. The van der Waals surface area contributed by atoms with Crippen LogP contribution in [-0.2, 0) is 30.5 Å². The number of esters is 1. The first-order valence-corrected chi connectivity index (χ1v) is 11.4. The Kier molecular flexibility index (Phi) is 9.39. The van der Waals surface area contributed by atoms with E-state index in [4.69, 9.17) is 14.2 Å². The Balaban J connectivity index is 1.30. The largest absolute Gasteiger partial charge is 0.489 e. The molecule has 9 heteroatoms. The van der Waals surface area contributed by atoms with E-state index < -0.39 is 11.9 Å². The third kappa shape index (κ3) is 8.24. The predicted molar refractivity (Wildman–Crippen MR) is 122 cm³/mol. The molecule has 0 spiro atoms. The minimum atomic E-state index is -0.537. The van der Waals surface area contributed by atoms with E-state index in [0.717, 1.165) is 5.56 Å². The fourth-order valence-electron chi connectivity index (χ4n) is 2.89. The molecule has 1 heterocycles. The van der Waals surface area contributed by atoms with E-state index in [9.17, 15) is 14.4 Å². The molecule has 2 amide bonds. The molecule has 32 heavy (non-hydrogen) atoms. The molecule has 170 valence electrons. The monoisotopic (exact) mass is 458 g/mol. The van der Waals surface area contributed by atoms with Gasteiger partial charge in [-0.1, -0.05) is 30.3 Å². The lowest BCUT2D eigenvalue weighted by molar-refractivity contribution is -0.144. The minimum Gasteiger partial charge on any atom is -0.489 e. The Hall–Kier alpha value is -3.04. The van der Waals surface area contributed by atoms with Crippen molar-refractivity contribution in [2.45, 2.75) is 6.61 Å². The van der Waals surface area contributed by atoms with E-state index in [1.807, 2.05) is 30.3 Å². The number of carbonyl (C=O) groups is 3. The lowest BCUT2D eigenvalue weighted by Gasteiger charge is -2.26. The molecule has 3 rings (SSSR count). The average Bonchev–Trinajstić information content (AvgIpc) is 2.83. The van der Waals surface area contributed by atoms with E-state index in [1.165, 1.54) is 11.8 Å². The molecule has 0 saturated carbocycles. The molecule has 2 aromatic carbocycles. The van der Waals surface area contributed by atoms with E-state index in [0.29, 0.717) is 44.3 Å². The molecule has 1 aliphatic heterocycles. The van der Waals surface area contributed by atoms with Crippen LogP contribution in [0.1, 0.15) is 5.56 Å². The summed E-state index contributed by atoms with van der Waals surface area (Å²) in [4.78, 5) is 37.5. The lowest BCUT2D eigenvalue weighted by Crippen LogP contribution is -2.41. The van der Waals surface area contributed by atoms with Crippen LogP contribution in [-0.4, -0.2) is 67.1 Å². The molecule has 8 nitrogen and oxygen atoms in total. The summed E-state index contributed by atoms with van der Waals surface area (Å²) < 4.78 is 15.9. The van der Waals surface area contributed by atoms with Gasteiger partial charge in [0.15, 0.2) is 6.61 Å². The Morgan fingerprint density at radius 1 is 0.969 bits per heavy atom. The summed E-state index contributed by atoms with van der Waals surface area (Å²) in [5.74, 6) is -0.117. The number of thioether (sulfide) groups is 1. The number of hydrogen-bond donors (Lipinski definition) is 1. The van der Waals surface area contributed by atoms with Crippen molar-refractivity contribution in [3.05, 3.63) is 60.2 Å². The number of anilines is 1. The predicted octanol–water partition coefficient (Wildman–Crippen LogP) is 2.34. The summed E-state index contributed by atoms with van der Waals surface area (Å²) in [5.41, 5.74) is 1.64. The highest BCUT2D eigenvalue weighted by molar-refractivity contribution is 8.00. The molecule has 0 radical (unpaired) electrons. The Morgan fingerprint density at radius 3 is 2.41 bits per heavy atom. The second-order valence-electron chi connectivity index (χ2n) is 6.99. The highest BCUT2D eigenvalue weighted by Gasteiger charge is 2.17. The van der Waals surface area contributed by atoms with Gasteiger partial charge in [-0.3, -0.25) is 14.4 Å². The summed E-state index contributed by atoms with van der Waals surface area (Å²) in [5, 5.41) is 2.66. The number of amides is 2. The van der Waals surface area contributed by atoms with Gasteiger partial charge in [-0.2, -0.15) is 0 Å². The molecule has 1 saturated heterocycles. The van der Waals surface area contributed by atoms with Gasteiger partial charge in [0.2, 0.25) is 5.91 Å². The van der Waals surface area contributed by atoms with Crippen LogP contribution < -0.4 is 10.1 Å². The summed E-state index contributed by atoms with van der Waals surface area (Å²) in [6.07, 6.45) is 0. The van der Waals surface area contributed by atoms with Crippen molar-refractivity contribution in [3.63, 3.8) is 0 Å². The minimum absolute atomic E-state index is 0.0107. The van der Waals surface area contributed by atoms with Crippen molar-refractivity contribution < 1.29 is 28.6 Å². The van der Waals surface area contributed by atoms with Crippen molar-refractivity contribution in [1.29, 1.82) is 0 Å². The summed E-state index contributed by atoms with van der Waals surface area (Å²) in [7, 11) is 0. The summed E-state index contributed by atoms with van der Waals surface area (Å²) in [6, 6.07) is 16.8. The molecular formula is C23H26N2O6S. The molecule has 0 atom stereocenters. The molecule has 0 aliphatic carbocycles. The van der Waals surface area contributed by atoms with Crippen molar-refractivity contribution in [3.8, 4) is 5.75 Å². The first kappa shape index (κ1) is 23.6. The van der Waals surface area contributed by atoms with Crippen molar-refractivity contribution >= 4 is 35.2 Å². The van der Waals surface area contributed by atoms with Gasteiger partial charge in [0.1, 0.15) is 12.4 Å². The quantitative estimate of drug-likeness (QED) is 0.546. The van der Waals surface area contributed by atoms with Crippen LogP contribution in [0.2, 0.25) is 0 Å². The van der Waals surface area contributed by atoms with Crippen molar-refractivity contribution in [2.75, 3.05) is 49.7 Å². The Morgan fingerprint density at radius 2 is 1.69 bits per heavy atom. The summed E-state index contributed by atoms with van der Waals surface area (Å²) in [6.45, 7) is 2.30. The van der Waals surface area contributed by atoms with Gasteiger partial charge in [0.25, 0.3) is 5.91 Å². The van der Waals surface area contributed by atoms with Crippen LogP contribution in [0.5, 0.6) is 5.75 Å². The number of ether oxygens (including phenoxy) is 3.